The van der Waals surface area contributed by atoms with Crippen LogP contribution in [-0.4, -0.2) is 25.3 Å². The third-order valence-corrected chi connectivity index (χ3v) is 7.34. The van der Waals surface area contributed by atoms with Gasteiger partial charge in [0.15, 0.2) is 0 Å². The quantitative estimate of drug-likeness (QED) is 0.717. The second-order valence-corrected chi connectivity index (χ2v) is 10.5. The molecule has 1 saturated heterocycles. The molecular formula is C19H30ClNO2S. The smallest absolute Gasteiger partial charge is 0.207 e. The molecule has 1 atom stereocenters. The van der Waals surface area contributed by atoms with Crippen LogP contribution in [-0.2, 0) is 10.0 Å². The number of nitrogens with zero attached hydrogens (tertiary/aromatic N) is 1. The normalized spacial score (nSPS) is 20.3. The van der Waals surface area contributed by atoms with Gasteiger partial charge < -0.3 is 0 Å². The lowest BCUT2D eigenvalue weighted by Crippen LogP contribution is -2.44. The van der Waals surface area contributed by atoms with E-state index in [0.29, 0.717) is 16.5 Å². The van der Waals surface area contributed by atoms with E-state index in [2.05, 4.69) is 20.8 Å². The zero-order valence-electron chi connectivity index (χ0n) is 15.5. The van der Waals surface area contributed by atoms with E-state index in [1.807, 2.05) is 13.8 Å². The average Bonchev–Trinajstić information content (AvgIpc) is 2.48. The first kappa shape index (κ1) is 19.7. The molecular weight excluding hydrogens is 342 g/mol. The van der Waals surface area contributed by atoms with Gasteiger partial charge in [0.25, 0.3) is 0 Å². The molecule has 24 heavy (non-hydrogen) atoms. The van der Waals surface area contributed by atoms with Crippen molar-refractivity contribution in [1.82, 2.24) is 4.31 Å². The number of sulfonamides is 1. The third-order valence-electron chi connectivity index (χ3n) is 4.84. The van der Waals surface area contributed by atoms with Crippen molar-refractivity contribution in [2.75, 3.05) is 6.54 Å². The molecule has 2 rings (SSSR count). The Hall–Kier alpha value is -0.580. The van der Waals surface area contributed by atoms with Crippen LogP contribution in [0, 0.1) is 19.3 Å². The highest BCUT2D eigenvalue weighted by Crippen LogP contribution is 2.33. The maximum absolute atomic E-state index is 13.3. The second kappa shape index (κ2) is 7.35. The predicted molar refractivity (Wildman–Crippen MR) is 101 cm³/mol. The molecule has 0 aromatic heterocycles. The summed E-state index contributed by atoms with van der Waals surface area (Å²) in [6.45, 7) is 10.9. The number of aryl methyl sites for hydroxylation is 2. The predicted octanol–water partition coefficient (Wildman–Crippen LogP) is 5.33. The van der Waals surface area contributed by atoms with E-state index < -0.39 is 10.0 Å². The van der Waals surface area contributed by atoms with Crippen LogP contribution >= 0.6 is 11.6 Å². The second-order valence-electron chi connectivity index (χ2n) is 8.23. The van der Waals surface area contributed by atoms with Crippen molar-refractivity contribution in [2.24, 2.45) is 5.41 Å². The summed E-state index contributed by atoms with van der Waals surface area (Å²) < 4.78 is 28.3. The minimum atomic E-state index is -3.47. The van der Waals surface area contributed by atoms with Crippen molar-refractivity contribution in [2.45, 2.75) is 77.7 Å². The molecule has 0 bridgehead atoms. The molecule has 1 fully saturated rings. The zero-order valence-corrected chi connectivity index (χ0v) is 17.1. The van der Waals surface area contributed by atoms with E-state index in [9.17, 15) is 8.42 Å². The number of halogens is 1. The SMILES string of the molecule is Cc1cc(S(=O)(=O)N2CCCCC2CCC(C)(C)C)c(C)cc1Cl. The molecule has 0 spiro atoms. The van der Waals surface area contributed by atoms with Crippen molar-refractivity contribution in [1.29, 1.82) is 0 Å². The molecule has 1 heterocycles. The van der Waals surface area contributed by atoms with E-state index in [0.717, 1.165) is 43.2 Å². The van der Waals surface area contributed by atoms with Gasteiger partial charge in [0, 0.05) is 17.6 Å². The molecule has 0 saturated carbocycles. The van der Waals surface area contributed by atoms with Gasteiger partial charge in [-0.15, -0.1) is 0 Å². The largest absolute Gasteiger partial charge is 0.243 e. The highest BCUT2D eigenvalue weighted by Gasteiger charge is 2.34. The van der Waals surface area contributed by atoms with Crippen LogP contribution in [0.2, 0.25) is 5.02 Å². The van der Waals surface area contributed by atoms with Crippen LogP contribution in [0.1, 0.15) is 64.0 Å². The van der Waals surface area contributed by atoms with Crippen molar-refractivity contribution in [3.63, 3.8) is 0 Å². The molecule has 1 aliphatic heterocycles. The standard InChI is InChI=1S/C19H30ClNO2S/c1-14-13-18(15(2)12-17(14)20)24(22,23)21-11-7-6-8-16(21)9-10-19(3,4)5/h12-13,16H,6-11H2,1-5H3. The number of benzene rings is 1. The van der Waals surface area contributed by atoms with Gasteiger partial charge in [-0.25, -0.2) is 8.42 Å². The van der Waals surface area contributed by atoms with Crippen molar-refractivity contribution >= 4 is 21.6 Å². The highest BCUT2D eigenvalue weighted by molar-refractivity contribution is 7.89. The Morgan fingerprint density at radius 3 is 2.46 bits per heavy atom. The Kier molecular flexibility index (Phi) is 6.04. The monoisotopic (exact) mass is 371 g/mol. The summed E-state index contributed by atoms with van der Waals surface area (Å²) >= 11 is 6.14. The molecule has 0 aliphatic carbocycles. The van der Waals surface area contributed by atoms with Crippen molar-refractivity contribution < 1.29 is 8.42 Å². The van der Waals surface area contributed by atoms with Gasteiger partial charge in [-0.3, -0.25) is 0 Å². The van der Waals surface area contributed by atoms with Crippen LogP contribution in [0.25, 0.3) is 0 Å². The molecule has 136 valence electrons. The van der Waals surface area contributed by atoms with Crippen LogP contribution in [0.15, 0.2) is 17.0 Å². The Morgan fingerprint density at radius 2 is 1.83 bits per heavy atom. The summed E-state index contributed by atoms with van der Waals surface area (Å²) in [5.41, 5.74) is 1.76. The maximum Gasteiger partial charge on any atom is 0.243 e. The topological polar surface area (TPSA) is 37.4 Å². The Bertz CT molecular complexity index is 692. The van der Waals surface area contributed by atoms with Crippen molar-refractivity contribution in [3.05, 3.63) is 28.3 Å². The van der Waals surface area contributed by atoms with Gasteiger partial charge in [-0.1, -0.05) is 38.8 Å². The van der Waals surface area contributed by atoms with E-state index in [4.69, 9.17) is 11.6 Å². The van der Waals surface area contributed by atoms with Gasteiger partial charge >= 0.3 is 0 Å². The summed E-state index contributed by atoms with van der Waals surface area (Å²) in [6, 6.07) is 3.60. The molecule has 0 amide bonds. The Labute approximate surface area is 152 Å². The summed E-state index contributed by atoms with van der Waals surface area (Å²) in [6.07, 6.45) is 4.97. The maximum atomic E-state index is 13.3. The number of piperidine rings is 1. The molecule has 0 N–H and O–H groups in total. The average molecular weight is 372 g/mol. The van der Waals surface area contributed by atoms with E-state index in [-0.39, 0.29) is 11.5 Å². The van der Waals surface area contributed by atoms with E-state index in [1.54, 1.807) is 16.4 Å². The fourth-order valence-electron chi connectivity index (χ4n) is 3.34. The Morgan fingerprint density at radius 1 is 1.17 bits per heavy atom. The van der Waals surface area contributed by atoms with Gasteiger partial charge in [-0.2, -0.15) is 4.31 Å². The Balaban J connectivity index is 2.33. The number of hydrogen-bond donors (Lipinski definition) is 0. The highest BCUT2D eigenvalue weighted by atomic mass is 35.5. The minimum Gasteiger partial charge on any atom is -0.207 e. The van der Waals surface area contributed by atoms with E-state index in [1.165, 1.54) is 0 Å². The first-order valence-electron chi connectivity index (χ1n) is 8.81. The minimum absolute atomic E-state index is 0.110. The van der Waals surface area contributed by atoms with Gasteiger partial charge in [-0.05, 0) is 68.2 Å². The molecule has 5 heteroatoms. The molecule has 1 aromatic carbocycles. The molecule has 0 radical (unpaired) electrons. The molecule has 1 aromatic rings. The number of hydrogen-bond acceptors (Lipinski definition) is 2. The van der Waals surface area contributed by atoms with Crippen molar-refractivity contribution in [3.8, 4) is 0 Å². The summed E-state index contributed by atoms with van der Waals surface area (Å²) in [7, 11) is -3.47. The number of rotatable bonds is 4. The third kappa shape index (κ3) is 4.53. The van der Waals surface area contributed by atoms with Crippen LogP contribution in [0.4, 0.5) is 0 Å². The lowest BCUT2D eigenvalue weighted by molar-refractivity contribution is 0.214. The lowest BCUT2D eigenvalue weighted by Gasteiger charge is -2.36. The summed E-state index contributed by atoms with van der Waals surface area (Å²) in [5.74, 6) is 0. The van der Waals surface area contributed by atoms with Gasteiger partial charge in [0.2, 0.25) is 10.0 Å². The van der Waals surface area contributed by atoms with Crippen LogP contribution in [0.3, 0.4) is 0 Å². The summed E-state index contributed by atoms with van der Waals surface area (Å²) in [4.78, 5) is 0.409. The lowest BCUT2D eigenvalue weighted by atomic mass is 9.87. The van der Waals surface area contributed by atoms with E-state index >= 15 is 0 Å². The molecule has 3 nitrogen and oxygen atoms in total. The fraction of sp³-hybridized carbons (Fsp3) is 0.684. The fourth-order valence-corrected chi connectivity index (χ4v) is 5.57. The van der Waals surface area contributed by atoms with Gasteiger partial charge in [0.1, 0.15) is 0 Å². The van der Waals surface area contributed by atoms with Gasteiger partial charge in [0.05, 0.1) is 4.90 Å². The first-order chi connectivity index (χ1) is 11.0. The van der Waals surface area contributed by atoms with Crippen LogP contribution in [0.5, 0.6) is 0 Å². The zero-order chi connectivity index (χ0) is 18.1. The summed E-state index contributed by atoms with van der Waals surface area (Å²) in [5, 5.41) is 0.620. The van der Waals surface area contributed by atoms with Crippen LogP contribution < -0.4 is 0 Å². The molecule has 1 aliphatic rings. The molecule has 1 unspecified atom stereocenters. The first-order valence-corrected chi connectivity index (χ1v) is 10.6.